The van der Waals surface area contributed by atoms with Crippen molar-refractivity contribution in [2.45, 2.75) is 39.1 Å². The molecule has 0 aliphatic carbocycles. The Hall–Kier alpha value is -0.770. The van der Waals surface area contributed by atoms with Gasteiger partial charge in [0, 0.05) is 13.2 Å². The second-order valence-electron chi connectivity index (χ2n) is 5.64. The third-order valence-corrected chi connectivity index (χ3v) is 3.90. The van der Waals surface area contributed by atoms with E-state index in [0.29, 0.717) is 24.1 Å². The van der Waals surface area contributed by atoms with Crippen LogP contribution in [0, 0.1) is 5.92 Å². The van der Waals surface area contributed by atoms with Crippen molar-refractivity contribution in [3.05, 3.63) is 29.0 Å². The van der Waals surface area contributed by atoms with Gasteiger partial charge in [-0.05, 0) is 31.4 Å². The molecule has 0 saturated heterocycles. The van der Waals surface area contributed by atoms with Crippen molar-refractivity contribution in [1.29, 1.82) is 0 Å². The first-order valence-electron chi connectivity index (χ1n) is 7.37. The molecule has 5 heteroatoms. The van der Waals surface area contributed by atoms with Crippen LogP contribution < -0.4 is 0 Å². The molecule has 21 heavy (non-hydrogen) atoms. The van der Waals surface area contributed by atoms with Crippen LogP contribution in [0.25, 0.3) is 11.0 Å². The number of aromatic nitrogens is 2. The lowest BCUT2D eigenvalue weighted by Crippen LogP contribution is -2.11. The number of hydrogen-bond acceptors (Lipinski definition) is 2. The molecule has 1 atom stereocenters. The molecule has 1 aromatic carbocycles. The Morgan fingerprint density at radius 1 is 1.24 bits per heavy atom. The molecule has 0 spiro atoms. The van der Waals surface area contributed by atoms with Crippen LogP contribution in [0.5, 0.6) is 0 Å². The Morgan fingerprint density at radius 2 is 2.00 bits per heavy atom. The third-order valence-electron chi connectivity index (χ3n) is 3.40. The minimum Gasteiger partial charge on any atom is -0.380 e. The number of nitrogens with zero attached hydrogens (tertiary/aromatic N) is 2. The monoisotopic (exact) mass is 328 g/mol. The SMILES string of the molecule is CC(C)CCOCCn1c(C(C)Cl)nc2cccc(Cl)c21. The topological polar surface area (TPSA) is 27.1 Å². The van der Waals surface area contributed by atoms with Crippen molar-refractivity contribution in [3.8, 4) is 0 Å². The zero-order valence-electron chi connectivity index (χ0n) is 12.8. The summed E-state index contributed by atoms with van der Waals surface area (Å²) in [5.74, 6) is 1.50. The number of benzene rings is 1. The Kier molecular flexibility index (Phi) is 5.91. The second-order valence-corrected chi connectivity index (χ2v) is 6.70. The Bertz CT molecular complexity index is 593. The van der Waals surface area contributed by atoms with E-state index in [-0.39, 0.29) is 5.38 Å². The molecule has 2 aromatic rings. The van der Waals surface area contributed by atoms with Crippen molar-refractivity contribution >= 4 is 34.2 Å². The smallest absolute Gasteiger partial charge is 0.127 e. The van der Waals surface area contributed by atoms with Gasteiger partial charge in [0.1, 0.15) is 5.82 Å². The summed E-state index contributed by atoms with van der Waals surface area (Å²) in [5.41, 5.74) is 1.82. The molecule has 0 radical (unpaired) electrons. The zero-order chi connectivity index (χ0) is 15.4. The molecule has 1 unspecified atom stereocenters. The van der Waals surface area contributed by atoms with Gasteiger partial charge in [-0.15, -0.1) is 11.6 Å². The fourth-order valence-electron chi connectivity index (χ4n) is 2.27. The van der Waals surface area contributed by atoms with Gasteiger partial charge in [-0.1, -0.05) is 31.5 Å². The van der Waals surface area contributed by atoms with Gasteiger partial charge in [0.2, 0.25) is 0 Å². The Morgan fingerprint density at radius 3 is 2.67 bits per heavy atom. The van der Waals surface area contributed by atoms with Crippen molar-refractivity contribution in [3.63, 3.8) is 0 Å². The van der Waals surface area contributed by atoms with Crippen molar-refractivity contribution in [2.24, 2.45) is 5.92 Å². The number of rotatable bonds is 7. The highest BCUT2D eigenvalue weighted by molar-refractivity contribution is 6.35. The number of para-hydroxylation sites is 1. The average molecular weight is 329 g/mol. The lowest BCUT2D eigenvalue weighted by Gasteiger charge is -2.12. The van der Waals surface area contributed by atoms with Gasteiger partial charge in [0.05, 0.1) is 28.0 Å². The summed E-state index contributed by atoms with van der Waals surface area (Å²) in [7, 11) is 0. The van der Waals surface area contributed by atoms with Crippen molar-refractivity contribution < 1.29 is 4.74 Å². The number of ether oxygens (including phenoxy) is 1. The molecule has 1 heterocycles. The summed E-state index contributed by atoms with van der Waals surface area (Å²) in [5, 5.41) is 0.537. The van der Waals surface area contributed by atoms with Gasteiger partial charge in [0.25, 0.3) is 0 Å². The van der Waals surface area contributed by atoms with Crippen LogP contribution in [0.15, 0.2) is 18.2 Å². The number of imidazole rings is 1. The number of alkyl halides is 1. The van der Waals surface area contributed by atoms with Crippen molar-refractivity contribution in [2.75, 3.05) is 13.2 Å². The minimum atomic E-state index is -0.163. The molecule has 0 aliphatic rings. The number of fused-ring (bicyclic) bond motifs is 1. The Labute approximate surface area is 136 Å². The van der Waals surface area contributed by atoms with E-state index < -0.39 is 0 Å². The lowest BCUT2D eigenvalue weighted by molar-refractivity contribution is 0.116. The summed E-state index contributed by atoms with van der Waals surface area (Å²) >= 11 is 12.6. The van der Waals surface area contributed by atoms with Gasteiger partial charge in [0.15, 0.2) is 0 Å². The first-order valence-corrected chi connectivity index (χ1v) is 8.18. The molecule has 3 nitrogen and oxygen atoms in total. The molecule has 0 aliphatic heterocycles. The highest BCUT2D eigenvalue weighted by Crippen LogP contribution is 2.29. The summed E-state index contributed by atoms with van der Waals surface area (Å²) in [6.07, 6.45) is 1.07. The van der Waals surface area contributed by atoms with E-state index in [1.165, 1.54) is 0 Å². The quantitative estimate of drug-likeness (QED) is 0.525. The van der Waals surface area contributed by atoms with Crippen LogP contribution in [0.4, 0.5) is 0 Å². The fraction of sp³-hybridized carbons (Fsp3) is 0.562. The maximum absolute atomic E-state index is 6.32. The van der Waals surface area contributed by atoms with Crippen LogP contribution in [0.3, 0.4) is 0 Å². The molecule has 1 aromatic heterocycles. The zero-order valence-corrected chi connectivity index (χ0v) is 14.3. The van der Waals surface area contributed by atoms with E-state index in [9.17, 15) is 0 Å². The highest BCUT2D eigenvalue weighted by Gasteiger charge is 2.16. The molecular formula is C16H22Cl2N2O. The number of hydrogen-bond donors (Lipinski definition) is 0. The molecule has 2 rings (SSSR count). The predicted octanol–water partition coefficient (Wildman–Crippen LogP) is 5.05. The lowest BCUT2D eigenvalue weighted by atomic mass is 10.1. The summed E-state index contributed by atoms with van der Waals surface area (Å²) < 4.78 is 7.78. The van der Waals surface area contributed by atoms with E-state index in [1.54, 1.807) is 0 Å². The van der Waals surface area contributed by atoms with Crippen LogP contribution in [-0.2, 0) is 11.3 Å². The first-order chi connectivity index (χ1) is 10.0. The maximum atomic E-state index is 6.32. The predicted molar refractivity (Wildman–Crippen MR) is 89.3 cm³/mol. The summed E-state index contributed by atoms with van der Waals surface area (Å²) in [4.78, 5) is 4.59. The van der Waals surface area contributed by atoms with E-state index >= 15 is 0 Å². The molecule has 0 fully saturated rings. The van der Waals surface area contributed by atoms with E-state index in [4.69, 9.17) is 27.9 Å². The Balaban J connectivity index is 2.15. The third kappa shape index (κ3) is 4.12. The van der Waals surface area contributed by atoms with Gasteiger partial charge >= 0.3 is 0 Å². The fourth-order valence-corrected chi connectivity index (χ4v) is 2.70. The standard InChI is InChI=1S/C16H22Cl2N2O/c1-11(2)7-9-21-10-8-20-15-13(18)5-4-6-14(15)19-16(20)12(3)17/h4-6,11-12H,7-10H2,1-3H3. The molecular weight excluding hydrogens is 307 g/mol. The van der Waals surface area contributed by atoms with Gasteiger partial charge in [-0.2, -0.15) is 0 Å². The van der Waals surface area contributed by atoms with Gasteiger partial charge in [-0.3, -0.25) is 0 Å². The average Bonchev–Trinajstić information content (AvgIpc) is 2.78. The van der Waals surface area contributed by atoms with Gasteiger partial charge < -0.3 is 9.30 Å². The van der Waals surface area contributed by atoms with Crippen molar-refractivity contribution in [1.82, 2.24) is 9.55 Å². The first kappa shape index (κ1) is 16.6. The molecule has 0 saturated carbocycles. The van der Waals surface area contributed by atoms with Crippen LogP contribution in [0.2, 0.25) is 5.02 Å². The van der Waals surface area contributed by atoms with E-state index in [0.717, 1.165) is 29.9 Å². The van der Waals surface area contributed by atoms with Crippen LogP contribution in [-0.4, -0.2) is 22.8 Å². The molecule has 0 amide bonds. The normalized spacial score (nSPS) is 13.2. The summed E-state index contributed by atoms with van der Waals surface area (Å²) in [6.45, 7) is 8.45. The van der Waals surface area contributed by atoms with E-state index in [1.807, 2.05) is 25.1 Å². The highest BCUT2D eigenvalue weighted by atomic mass is 35.5. The minimum absolute atomic E-state index is 0.163. The molecule has 116 valence electrons. The summed E-state index contributed by atoms with van der Waals surface area (Å²) in [6, 6.07) is 5.74. The van der Waals surface area contributed by atoms with E-state index in [2.05, 4.69) is 23.4 Å². The molecule has 0 N–H and O–H groups in total. The maximum Gasteiger partial charge on any atom is 0.127 e. The van der Waals surface area contributed by atoms with Crippen LogP contribution >= 0.6 is 23.2 Å². The van der Waals surface area contributed by atoms with Crippen LogP contribution in [0.1, 0.15) is 38.4 Å². The van der Waals surface area contributed by atoms with Gasteiger partial charge in [-0.25, -0.2) is 4.98 Å². The number of halogens is 2. The molecule has 0 bridgehead atoms. The second kappa shape index (κ2) is 7.48. The largest absolute Gasteiger partial charge is 0.380 e.